The average molecular weight is 291 g/mol. The highest BCUT2D eigenvalue weighted by molar-refractivity contribution is 8.13. The van der Waals surface area contributed by atoms with Crippen molar-refractivity contribution in [1.82, 2.24) is 0 Å². The predicted molar refractivity (Wildman–Crippen MR) is 80.0 cm³/mol. The van der Waals surface area contributed by atoms with Crippen molar-refractivity contribution in [3.8, 4) is 0 Å². The van der Waals surface area contributed by atoms with Crippen LogP contribution in [-0.4, -0.2) is 29.1 Å². The van der Waals surface area contributed by atoms with Crippen molar-refractivity contribution in [3.63, 3.8) is 0 Å². The maximum atomic E-state index is 12.1. The highest BCUT2D eigenvalue weighted by atomic mass is 32.2. The summed E-state index contributed by atoms with van der Waals surface area (Å²) in [5, 5.41) is 0.0695. The van der Waals surface area contributed by atoms with Gasteiger partial charge in [0.05, 0.1) is 5.69 Å². The van der Waals surface area contributed by atoms with E-state index in [-0.39, 0.29) is 22.7 Å². The molecule has 1 amide bonds. The summed E-state index contributed by atoms with van der Waals surface area (Å²) in [5.41, 5.74) is 1.25. The van der Waals surface area contributed by atoms with Crippen molar-refractivity contribution in [2.75, 3.05) is 17.2 Å². The SMILES string of the molecule is CC(=O)SCC1CC(=O)N(c2ccccc2C(C)=O)C1. The van der Waals surface area contributed by atoms with Crippen LogP contribution in [0.4, 0.5) is 5.69 Å². The zero-order chi connectivity index (χ0) is 14.7. The molecule has 0 aromatic heterocycles. The van der Waals surface area contributed by atoms with Crippen molar-refractivity contribution in [2.45, 2.75) is 20.3 Å². The Morgan fingerprint density at radius 2 is 2.00 bits per heavy atom. The Kier molecular flexibility index (Phi) is 4.60. The minimum Gasteiger partial charge on any atom is -0.311 e. The van der Waals surface area contributed by atoms with E-state index in [1.165, 1.54) is 25.6 Å². The molecule has 1 atom stereocenters. The van der Waals surface area contributed by atoms with Crippen LogP contribution in [0, 0.1) is 5.92 Å². The minimum atomic E-state index is -0.0463. The molecule has 1 aromatic carbocycles. The fourth-order valence-corrected chi connectivity index (χ4v) is 3.06. The molecule has 1 saturated heterocycles. The highest BCUT2D eigenvalue weighted by Gasteiger charge is 2.32. The number of rotatable bonds is 4. The Morgan fingerprint density at radius 3 is 2.65 bits per heavy atom. The van der Waals surface area contributed by atoms with Gasteiger partial charge in [0.25, 0.3) is 0 Å². The molecule has 1 heterocycles. The number of carbonyl (C=O) groups excluding carboxylic acids is 3. The van der Waals surface area contributed by atoms with Gasteiger partial charge in [0.15, 0.2) is 10.9 Å². The zero-order valence-corrected chi connectivity index (χ0v) is 12.4. The van der Waals surface area contributed by atoms with Crippen LogP contribution in [0.5, 0.6) is 0 Å². The van der Waals surface area contributed by atoms with Gasteiger partial charge >= 0.3 is 0 Å². The van der Waals surface area contributed by atoms with E-state index < -0.39 is 0 Å². The summed E-state index contributed by atoms with van der Waals surface area (Å²) in [7, 11) is 0. The average Bonchev–Trinajstić information content (AvgIpc) is 2.77. The number of Topliss-reactive ketones (excluding diaryl/α,β-unsaturated/α-hetero) is 1. The van der Waals surface area contributed by atoms with Crippen LogP contribution in [0.2, 0.25) is 0 Å². The summed E-state index contributed by atoms with van der Waals surface area (Å²) in [4.78, 5) is 36.4. The van der Waals surface area contributed by atoms with Gasteiger partial charge in [-0.3, -0.25) is 14.4 Å². The Balaban J connectivity index is 2.16. The number of amides is 1. The molecule has 5 heteroatoms. The van der Waals surface area contributed by atoms with Crippen molar-refractivity contribution >= 4 is 34.3 Å². The highest BCUT2D eigenvalue weighted by Crippen LogP contribution is 2.30. The molecule has 0 bridgehead atoms. The van der Waals surface area contributed by atoms with Crippen molar-refractivity contribution in [3.05, 3.63) is 29.8 Å². The van der Waals surface area contributed by atoms with Crippen molar-refractivity contribution < 1.29 is 14.4 Å². The Bertz CT molecular complexity index is 556. The molecule has 2 rings (SSSR count). The third-order valence-electron chi connectivity index (χ3n) is 3.30. The van der Waals surface area contributed by atoms with E-state index in [4.69, 9.17) is 0 Å². The monoisotopic (exact) mass is 291 g/mol. The summed E-state index contributed by atoms with van der Waals surface area (Å²) < 4.78 is 0. The number of thioether (sulfide) groups is 1. The molecule has 0 N–H and O–H groups in total. The fraction of sp³-hybridized carbons (Fsp3) is 0.400. The Labute approximate surface area is 122 Å². The predicted octanol–water partition coefficient (Wildman–Crippen LogP) is 2.52. The smallest absolute Gasteiger partial charge is 0.227 e. The van der Waals surface area contributed by atoms with Crippen LogP contribution in [0.15, 0.2) is 24.3 Å². The Hall–Kier alpha value is -1.62. The van der Waals surface area contributed by atoms with Gasteiger partial charge in [-0.05, 0) is 25.0 Å². The largest absolute Gasteiger partial charge is 0.311 e. The summed E-state index contributed by atoms with van der Waals surface area (Å²) in [6.45, 7) is 3.61. The van der Waals surface area contributed by atoms with Gasteiger partial charge in [0.1, 0.15) is 0 Å². The maximum absolute atomic E-state index is 12.1. The van der Waals surface area contributed by atoms with Gasteiger partial charge in [-0.2, -0.15) is 0 Å². The second-order valence-corrected chi connectivity index (χ2v) is 6.15. The van der Waals surface area contributed by atoms with Gasteiger partial charge in [-0.1, -0.05) is 23.9 Å². The molecule has 4 nitrogen and oxygen atoms in total. The minimum absolute atomic E-state index is 0.0212. The quantitative estimate of drug-likeness (QED) is 0.800. The lowest BCUT2D eigenvalue weighted by molar-refractivity contribution is -0.117. The van der Waals surface area contributed by atoms with E-state index >= 15 is 0 Å². The molecule has 0 aliphatic carbocycles. The number of anilines is 1. The molecule has 1 aromatic rings. The first kappa shape index (κ1) is 14.8. The van der Waals surface area contributed by atoms with Crippen LogP contribution in [0.25, 0.3) is 0 Å². The number of hydrogen-bond donors (Lipinski definition) is 0. The molecule has 1 fully saturated rings. The molecule has 20 heavy (non-hydrogen) atoms. The third-order valence-corrected chi connectivity index (χ3v) is 4.35. The van der Waals surface area contributed by atoms with E-state index in [0.717, 1.165) is 0 Å². The normalized spacial score (nSPS) is 18.4. The lowest BCUT2D eigenvalue weighted by atomic mass is 10.1. The molecule has 0 radical (unpaired) electrons. The standard InChI is InChI=1S/C15H17NO3S/c1-10(17)13-5-3-4-6-14(13)16-8-12(7-15(16)19)9-20-11(2)18/h3-6,12H,7-9H2,1-2H3. The van der Waals surface area contributed by atoms with Crippen LogP contribution < -0.4 is 4.90 Å². The number of carbonyl (C=O) groups is 3. The topological polar surface area (TPSA) is 54.5 Å². The number of nitrogens with zero attached hydrogens (tertiary/aromatic N) is 1. The molecule has 0 spiro atoms. The number of ketones is 1. The first-order valence-electron chi connectivity index (χ1n) is 6.52. The van der Waals surface area contributed by atoms with E-state index in [9.17, 15) is 14.4 Å². The van der Waals surface area contributed by atoms with Gasteiger partial charge in [-0.25, -0.2) is 0 Å². The van der Waals surface area contributed by atoms with Gasteiger partial charge in [0, 0.05) is 31.2 Å². The van der Waals surface area contributed by atoms with E-state index in [0.29, 0.717) is 30.0 Å². The fourth-order valence-electron chi connectivity index (χ4n) is 2.37. The zero-order valence-electron chi connectivity index (χ0n) is 11.6. The summed E-state index contributed by atoms with van der Waals surface area (Å²) in [5.74, 6) is 0.791. The Morgan fingerprint density at radius 1 is 1.30 bits per heavy atom. The lowest BCUT2D eigenvalue weighted by Gasteiger charge is -2.19. The second-order valence-electron chi connectivity index (χ2n) is 4.95. The van der Waals surface area contributed by atoms with Crippen LogP contribution >= 0.6 is 11.8 Å². The van der Waals surface area contributed by atoms with Gasteiger partial charge in [0.2, 0.25) is 5.91 Å². The number of para-hydroxylation sites is 1. The van der Waals surface area contributed by atoms with Gasteiger partial charge in [-0.15, -0.1) is 0 Å². The van der Waals surface area contributed by atoms with Crippen molar-refractivity contribution in [1.29, 1.82) is 0 Å². The third kappa shape index (κ3) is 3.28. The molecular weight excluding hydrogens is 274 g/mol. The van der Waals surface area contributed by atoms with Crippen LogP contribution in [0.1, 0.15) is 30.6 Å². The molecule has 0 saturated carbocycles. The first-order chi connectivity index (χ1) is 9.49. The summed E-state index contributed by atoms with van der Waals surface area (Å²) in [6.07, 6.45) is 0.437. The van der Waals surface area contributed by atoms with Gasteiger partial charge < -0.3 is 4.90 Å². The lowest BCUT2D eigenvalue weighted by Crippen LogP contribution is -2.26. The molecular formula is C15H17NO3S. The number of hydrogen-bond acceptors (Lipinski definition) is 4. The molecule has 1 aliphatic rings. The number of benzene rings is 1. The van der Waals surface area contributed by atoms with E-state index in [1.54, 1.807) is 23.1 Å². The second kappa shape index (κ2) is 6.22. The van der Waals surface area contributed by atoms with E-state index in [1.807, 2.05) is 6.07 Å². The summed E-state index contributed by atoms with van der Waals surface area (Å²) >= 11 is 1.25. The molecule has 1 unspecified atom stereocenters. The van der Waals surface area contributed by atoms with Crippen LogP contribution in [-0.2, 0) is 9.59 Å². The van der Waals surface area contributed by atoms with Crippen molar-refractivity contribution in [2.24, 2.45) is 5.92 Å². The molecule has 1 aliphatic heterocycles. The van der Waals surface area contributed by atoms with Crippen LogP contribution in [0.3, 0.4) is 0 Å². The first-order valence-corrected chi connectivity index (χ1v) is 7.51. The molecule has 106 valence electrons. The summed E-state index contributed by atoms with van der Waals surface area (Å²) in [6, 6.07) is 7.16. The maximum Gasteiger partial charge on any atom is 0.227 e. The van der Waals surface area contributed by atoms with E-state index in [2.05, 4.69) is 0 Å².